The summed E-state index contributed by atoms with van der Waals surface area (Å²) in [5, 5.41) is 5.63. The molecule has 0 radical (unpaired) electrons. The molecule has 1 aliphatic heterocycles. The summed E-state index contributed by atoms with van der Waals surface area (Å²) in [4.78, 5) is 22.7. The lowest BCUT2D eigenvalue weighted by Gasteiger charge is -2.32. The minimum Gasteiger partial charge on any atom is -0.457 e. The molecule has 0 unspecified atom stereocenters. The molecule has 34 heavy (non-hydrogen) atoms. The maximum atomic E-state index is 12.2. The highest BCUT2D eigenvalue weighted by Crippen LogP contribution is 2.34. The number of anilines is 1. The molecule has 172 valence electrons. The van der Waals surface area contributed by atoms with Crippen LogP contribution >= 0.6 is 0 Å². The number of carbonyl (C=O) groups is 1. The molecule has 0 aliphatic carbocycles. The largest absolute Gasteiger partial charge is 0.457 e. The zero-order valence-corrected chi connectivity index (χ0v) is 19.0. The monoisotopic (exact) mass is 454 g/mol. The molecule has 2 aromatic carbocycles. The van der Waals surface area contributed by atoms with Crippen molar-refractivity contribution in [2.45, 2.75) is 25.8 Å². The number of ether oxygens (including phenoxy) is 1. The number of hydrogen-bond donors (Lipinski definition) is 1. The van der Waals surface area contributed by atoms with Crippen LogP contribution in [-0.2, 0) is 4.79 Å². The van der Waals surface area contributed by atoms with Crippen molar-refractivity contribution >= 4 is 22.8 Å². The van der Waals surface area contributed by atoms with Crippen LogP contribution in [0.5, 0.6) is 11.5 Å². The quantitative estimate of drug-likeness (QED) is 0.445. The lowest BCUT2D eigenvalue weighted by Crippen LogP contribution is -2.40. The molecule has 5 rings (SSSR count). The average molecular weight is 455 g/mol. The molecular weight excluding hydrogens is 428 g/mol. The number of fused-ring (bicyclic) bond motifs is 1. The summed E-state index contributed by atoms with van der Waals surface area (Å²) in [6, 6.07) is 15.6. The summed E-state index contributed by atoms with van der Waals surface area (Å²) in [5.74, 6) is 1.81. The average Bonchev–Trinajstić information content (AvgIpc) is 3.26. The third kappa shape index (κ3) is 4.10. The molecule has 4 aromatic rings. The van der Waals surface area contributed by atoms with E-state index in [-0.39, 0.29) is 11.9 Å². The van der Waals surface area contributed by atoms with Crippen LogP contribution in [0.1, 0.15) is 24.4 Å². The number of carbonyl (C=O) groups excluding carboxylic acids is 1. The molecule has 3 heterocycles. The van der Waals surface area contributed by atoms with Gasteiger partial charge in [-0.15, -0.1) is 0 Å². The summed E-state index contributed by atoms with van der Waals surface area (Å²) in [6.07, 6.45) is 4.58. The van der Waals surface area contributed by atoms with Crippen molar-refractivity contribution in [3.05, 3.63) is 73.1 Å². The number of likely N-dealkylation sites (tertiary alicyclic amines) is 1. The third-order valence-corrected chi connectivity index (χ3v) is 6.13. The molecule has 0 bridgehead atoms. The lowest BCUT2D eigenvalue weighted by atomic mass is 10.1. The molecule has 1 amide bonds. The Kier molecular flexibility index (Phi) is 5.71. The van der Waals surface area contributed by atoms with Gasteiger partial charge in [0.25, 0.3) is 0 Å². The number of nitrogen functional groups attached to an aromatic ring is 1. The summed E-state index contributed by atoms with van der Waals surface area (Å²) in [6.45, 7) is 6.92. The van der Waals surface area contributed by atoms with Gasteiger partial charge in [-0.2, -0.15) is 5.10 Å². The van der Waals surface area contributed by atoms with E-state index in [0.29, 0.717) is 35.6 Å². The van der Waals surface area contributed by atoms with E-state index in [1.807, 2.05) is 60.1 Å². The van der Waals surface area contributed by atoms with Gasteiger partial charge < -0.3 is 15.4 Å². The first-order chi connectivity index (χ1) is 16.5. The van der Waals surface area contributed by atoms with Crippen LogP contribution in [0.4, 0.5) is 5.82 Å². The molecule has 8 heteroatoms. The van der Waals surface area contributed by atoms with Crippen molar-refractivity contribution in [3.63, 3.8) is 0 Å². The number of piperidine rings is 1. The van der Waals surface area contributed by atoms with E-state index in [1.165, 1.54) is 18.0 Å². The summed E-state index contributed by atoms with van der Waals surface area (Å²) in [5.41, 5.74) is 9.71. The smallest absolute Gasteiger partial charge is 0.246 e. The van der Waals surface area contributed by atoms with Gasteiger partial charge in [-0.25, -0.2) is 14.6 Å². The topological polar surface area (TPSA) is 99.2 Å². The van der Waals surface area contributed by atoms with Gasteiger partial charge in [0.2, 0.25) is 5.91 Å². The molecule has 1 atom stereocenters. The van der Waals surface area contributed by atoms with E-state index in [1.54, 1.807) is 4.90 Å². The Morgan fingerprint density at radius 1 is 1.12 bits per heavy atom. The third-order valence-electron chi connectivity index (χ3n) is 6.13. The maximum Gasteiger partial charge on any atom is 0.246 e. The predicted octanol–water partition coefficient (Wildman–Crippen LogP) is 4.53. The molecule has 0 spiro atoms. The van der Waals surface area contributed by atoms with E-state index >= 15 is 0 Å². The Labute approximate surface area is 197 Å². The first kappa shape index (κ1) is 21.6. The maximum absolute atomic E-state index is 12.2. The highest BCUT2D eigenvalue weighted by molar-refractivity contribution is 5.98. The van der Waals surface area contributed by atoms with Crippen LogP contribution in [0, 0.1) is 6.92 Å². The zero-order valence-electron chi connectivity index (χ0n) is 19.0. The van der Waals surface area contributed by atoms with Gasteiger partial charge in [0.15, 0.2) is 5.65 Å². The molecule has 1 fully saturated rings. The van der Waals surface area contributed by atoms with E-state index in [9.17, 15) is 4.79 Å². The fourth-order valence-corrected chi connectivity index (χ4v) is 4.36. The number of benzene rings is 2. The van der Waals surface area contributed by atoms with Crippen molar-refractivity contribution in [1.82, 2.24) is 24.6 Å². The normalized spacial score (nSPS) is 15.9. The molecule has 1 aliphatic rings. The minimum absolute atomic E-state index is 0.00709. The SMILES string of the molecule is C=CC(=O)N1CCC[C@@H](n2nc(-c3ccc(Oc4ccc(C)cc4)cc3)c3c(N)ncnc32)C1. The van der Waals surface area contributed by atoms with Gasteiger partial charge in [0.05, 0.1) is 11.4 Å². The Bertz CT molecular complexity index is 1340. The number of aryl methyl sites for hydroxylation is 1. The number of hydrogen-bond acceptors (Lipinski definition) is 6. The standard InChI is InChI=1S/C26H26N6O2/c1-3-22(33)31-14-4-5-19(15-31)32-26-23(25(27)28-16-29-26)24(30-32)18-8-12-21(13-9-18)34-20-10-6-17(2)7-11-20/h3,6-13,16,19H,1,4-5,14-15H2,2H3,(H2,27,28,29)/t19-/m1/s1. The summed E-state index contributed by atoms with van der Waals surface area (Å²) < 4.78 is 7.85. The van der Waals surface area contributed by atoms with Crippen molar-refractivity contribution in [1.29, 1.82) is 0 Å². The van der Waals surface area contributed by atoms with Gasteiger partial charge in [-0.1, -0.05) is 24.3 Å². The first-order valence-corrected chi connectivity index (χ1v) is 11.3. The molecule has 1 saturated heterocycles. The summed E-state index contributed by atoms with van der Waals surface area (Å²) in [7, 11) is 0. The first-order valence-electron chi connectivity index (χ1n) is 11.3. The van der Waals surface area contributed by atoms with E-state index in [0.717, 1.165) is 29.9 Å². The number of aromatic nitrogens is 4. The van der Waals surface area contributed by atoms with Crippen LogP contribution in [0.25, 0.3) is 22.3 Å². The predicted molar refractivity (Wildman–Crippen MR) is 131 cm³/mol. The molecular formula is C26H26N6O2. The van der Waals surface area contributed by atoms with Crippen molar-refractivity contribution in [2.75, 3.05) is 18.8 Å². The Morgan fingerprint density at radius 3 is 2.53 bits per heavy atom. The Hall–Kier alpha value is -4.20. The van der Waals surface area contributed by atoms with Gasteiger partial charge in [-0.05, 0) is 62.2 Å². The van der Waals surface area contributed by atoms with Crippen molar-refractivity contribution < 1.29 is 9.53 Å². The Balaban J connectivity index is 1.48. The van der Waals surface area contributed by atoms with Crippen LogP contribution in [0.3, 0.4) is 0 Å². The van der Waals surface area contributed by atoms with Gasteiger partial charge >= 0.3 is 0 Å². The van der Waals surface area contributed by atoms with Crippen LogP contribution < -0.4 is 10.5 Å². The fraction of sp³-hybridized carbons (Fsp3) is 0.231. The number of rotatable bonds is 5. The Morgan fingerprint density at radius 2 is 1.82 bits per heavy atom. The van der Waals surface area contributed by atoms with Crippen molar-refractivity contribution in [3.8, 4) is 22.8 Å². The second-order valence-corrected chi connectivity index (χ2v) is 8.47. The number of nitrogens with two attached hydrogens (primary N) is 1. The summed E-state index contributed by atoms with van der Waals surface area (Å²) >= 11 is 0. The fourth-order valence-electron chi connectivity index (χ4n) is 4.36. The van der Waals surface area contributed by atoms with E-state index in [2.05, 4.69) is 16.5 Å². The molecule has 0 saturated carbocycles. The minimum atomic E-state index is -0.0697. The second kappa shape index (κ2) is 8.97. The van der Waals surface area contributed by atoms with Gasteiger partial charge in [0, 0.05) is 18.7 Å². The van der Waals surface area contributed by atoms with E-state index < -0.39 is 0 Å². The molecule has 8 nitrogen and oxygen atoms in total. The van der Waals surface area contributed by atoms with Gasteiger partial charge in [-0.3, -0.25) is 4.79 Å². The molecule has 2 N–H and O–H groups in total. The van der Waals surface area contributed by atoms with Crippen LogP contribution in [0.15, 0.2) is 67.5 Å². The lowest BCUT2D eigenvalue weighted by molar-refractivity contribution is -0.127. The molecule has 2 aromatic heterocycles. The zero-order chi connectivity index (χ0) is 23.7. The number of amides is 1. The highest BCUT2D eigenvalue weighted by atomic mass is 16.5. The van der Waals surface area contributed by atoms with Gasteiger partial charge in [0.1, 0.15) is 29.3 Å². The number of nitrogens with zero attached hydrogens (tertiary/aromatic N) is 5. The van der Waals surface area contributed by atoms with E-state index in [4.69, 9.17) is 15.6 Å². The van der Waals surface area contributed by atoms with Crippen LogP contribution in [-0.4, -0.2) is 43.6 Å². The highest BCUT2D eigenvalue weighted by Gasteiger charge is 2.28. The van der Waals surface area contributed by atoms with Crippen LogP contribution in [0.2, 0.25) is 0 Å². The van der Waals surface area contributed by atoms with Crippen molar-refractivity contribution in [2.24, 2.45) is 0 Å². The second-order valence-electron chi connectivity index (χ2n) is 8.47.